The topological polar surface area (TPSA) is 69.6 Å². The van der Waals surface area contributed by atoms with Crippen molar-refractivity contribution in [1.82, 2.24) is 5.32 Å². The summed E-state index contributed by atoms with van der Waals surface area (Å²) < 4.78 is 12.8. The molecule has 6 heteroatoms. The van der Waals surface area contributed by atoms with Gasteiger partial charge in [-0.1, -0.05) is 0 Å². The number of rotatable bonds is 2. The van der Waals surface area contributed by atoms with E-state index in [9.17, 15) is 14.0 Å². The zero-order valence-corrected chi connectivity index (χ0v) is 9.60. The largest absolute Gasteiger partial charge is 0.481 e. The number of hydrogen-bond donors (Lipinski definition) is 2. The van der Waals surface area contributed by atoms with Crippen molar-refractivity contribution in [1.29, 1.82) is 0 Å². The molecule has 5 nitrogen and oxygen atoms in total. The molecule has 1 amide bonds. The third kappa shape index (κ3) is 2.65. The summed E-state index contributed by atoms with van der Waals surface area (Å²) in [5, 5.41) is 11.8. The standard InChI is InChI=1S/C12H13FN2O3/c13-9-1-3-10(4-2-9)15-7-8(12(17)18)5-14-6-11(15)16/h1-4,8,14H,5-7H2,(H,17,18). The Labute approximate surface area is 103 Å². The highest BCUT2D eigenvalue weighted by Crippen LogP contribution is 2.18. The first-order valence-electron chi connectivity index (χ1n) is 5.57. The molecule has 1 aromatic carbocycles. The Kier molecular flexibility index (Phi) is 3.57. The van der Waals surface area contributed by atoms with E-state index >= 15 is 0 Å². The van der Waals surface area contributed by atoms with Crippen molar-refractivity contribution in [3.63, 3.8) is 0 Å². The molecule has 1 aliphatic rings. The van der Waals surface area contributed by atoms with E-state index in [1.54, 1.807) is 0 Å². The Hall–Kier alpha value is -1.95. The van der Waals surface area contributed by atoms with Gasteiger partial charge in [-0.3, -0.25) is 9.59 Å². The number of anilines is 1. The Morgan fingerprint density at radius 1 is 1.39 bits per heavy atom. The van der Waals surface area contributed by atoms with E-state index in [-0.39, 0.29) is 25.5 Å². The average molecular weight is 252 g/mol. The van der Waals surface area contributed by atoms with Crippen LogP contribution in [-0.4, -0.2) is 36.6 Å². The molecule has 0 aliphatic carbocycles. The van der Waals surface area contributed by atoms with Crippen LogP contribution in [0.4, 0.5) is 10.1 Å². The van der Waals surface area contributed by atoms with Crippen LogP contribution in [0.5, 0.6) is 0 Å². The summed E-state index contributed by atoms with van der Waals surface area (Å²) in [6.07, 6.45) is 0. The first kappa shape index (κ1) is 12.5. The first-order valence-corrected chi connectivity index (χ1v) is 5.57. The van der Waals surface area contributed by atoms with Gasteiger partial charge >= 0.3 is 5.97 Å². The highest BCUT2D eigenvalue weighted by Gasteiger charge is 2.28. The zero-order valence-electron chi connectivity index (χ0n) is 9.60. The van der Waals surface area contributed by atoms with Gasteiger partial charge in [0.2, 0.25) is 5.91 Å². The molecule has 0 saturated carbocycles. The van der Waals surface area contributed by atoms with Crippen molar-refractivity contribution in [2.24, 2.45) is 5.92 Å². The number of nitrogens with one attached hydrogen (secondary N) is 1. The van der Waals surface area contributed by atoms with Gasteiger partial charge in [0.1, 0.15) is 5.82 Å². The molecule has 0 bridgehead atoms. The molecule has 1 fully saturated rings. The van der Waals surface area contributed by atoms with Crippen LogP contribution in [0.1, 0.15) is 0 Å². The van der Waals surface area contributed by atoms with Gasteiger partial charge in [0.15, 0.2) is 0 Å². The van der Waals surface area contributed by atoms with Crippen molar-refractivity contribution >= 4 is 17.6 Å². The predicted molar refractivity (Wildman–Crippen MR) is 62.7 cm³/mol. The molecule has 1 atom stereocenters. The minimum atomic E-state index is -0.954. The first-order chi connectivity index (χ1) is 8.58. The third-order valence-electron chi connectivity index (χ3n) is 2.86. The molecule has 0 spiro atoms. The molecule has 2 rings (SSSR count). The lowest BCUT2D eigenvalue weighted by Crippen LogP contribution is -2.37. The van der Waals surface area contributed by atoms with E-state index in [1.807, 2.05) is 0 Å². The van der Waals surface area contributed by atoms with Crippen LogP contribution >= 0.6 is 0 Å². The number of aliphatic carboxylic acids is 1. The smallest absolute Gasteiger partial charge is 0.309 e. The lowest BCUT2D eigenvalue weighted by Gasteiger charge is -2.22. The van der Waals surface area contributed by atoms with E-state index in [0.29, 0.717) is 5.69 Å². The number of amides is 1. The highest BCUT2D eigenvalue weighted by atomic mass is 19.1. The van der Waals surface area contributed by atoms with Crippen LogP contribution < -0.4 is 10.2 Å². The lowest BCUT2D eigenvalue weighted by molar-refractivity contribution is -0.141. The fraction of sp³-hybridized carbons (Fsp3) is 0.333. The predicted octanol–water partition coefficient (Wildman–Crippen LogP) is 0.463. The number of carbonyl (C=O) groups is 2. The maximum Gasteiger partial charge on any atom is 0.309 e. The summed E-state index contributed by atoms with van der Waals surface area (Å²) in [7, 11) is 0. The molecule has 0 radical (unpaired) electrons. The molecule has 2 N–H and O–H groups in total. The number of carbonyl (C=O) groups excluding carboxylic acids is 1. The number of halogens is 1. The van der Waals surface area contributed by atoms with Gasteiger partial charge in [-0.2, -0.15) is 0 Å². The second-order valence-corrected chi connectivity index (χ2v) is 4.15. The summed E-state index contributed by atoms with van der Waals surface area (Å²) in [5.74, 6) is -2.23. The SMILES string of the molecule is O=C(O)C1CNCC(=O)N(c2ccc(F)cc2)C1. The van der Waals surface area contributed by atoms with Crippen molar-refractivity contribution in [2.75, 3.05) is 24.5 Å². The molecule has 1 unspecified atom stereocenters. The highest BCUT2D eigenvalue weighted by molar-refractivity contribution is 5.95. The van der Waals surface area contributed by atoms with E-state index in [4.69, 9.17) is 5.11 Å². The average Bonchev–Trinajstić information content (AvgIpc) is 2.52. The molecule has 1 heterocycles. The van der Waals surface area contributed by atoms with E-state index in [1.165, 1.54) is 29.2 Å². The molecule has 1 saturated heterocycles. The number of carboxylic acids is 1. The summed E-state index contributed by atoms with van der Waals surface area (Å²) in [6.45, 7) is 0.423. The van der Waals surface area contributed by atoms with Crippen LogP contribution in [0, 0.1) is 11.7 Å². The lowest BCUT2D eigenvalue weighted by atomic mass is 10.1. The van der Waals surface area contributed by atoms with Gasteiger partial charge in [0.05, 0.1) is 12.5 Å². The summed E-state index contributed by atoms with van der Waals surface area (Å²) in [6, 6.07) is 5.43. The second kappa shape index (κ2) is 5.14. The van der Waals surface area contributed by atoms with Crippen LogP contribution in [0.3, 0.4) is 0 Å². The van der Waals surface area contributed by atoms with Gasteiger partial charge in [-0.25, -0.2) is 4.39 Å². The van der Waals surface area contributed by atoms with E-state index in [0.717, 1.165) is 0 Å². The molecule has 96 valence electrons. The minimum absolute atomic E-state index is 0.0845. The molecule has 0 aromatic heterocycles. The molecule has 1 aliphatic heterocycles. The van der Waals surface area contributed by atoms with Crippen molar-refractivity contribution in [3.8, 4) is 0 Å². The van der Waals surface area contributed by atoms with Crippen LogP contribution in [0.15, 0.2) is 24.3 Å². The fourth-order valence-electron chi connectivity index (χ4n) is 1.87. The van der Waals surface area contributed by atoms with Gasteiger partial charge in [-0.15, -0.1) is 0 Å². The molecular weight excluding hydrogens is 239 g/mol. The number of benzene rings is 1. The zero-order chi connectivity index (χ0) is 13.1. The van der Waals surface area contributed by atoms with Crippen molar-refractivity contribution < 1.29 is 19.1 Å². The summed E-state index contributed by atoms with van der Waals surface area (Å²) in [5.41, 5.74) is 0.511. The van der Waals surface area contributed by atoms with E-state index < -0.39 is 17.7 Å². The Balaban J connectivity index is 2.24. The summed E-state index contributed by atoms with van der Waals surface area (Å²) in [4.78, 5) is 24.2. The summed E-state index contributed by atoms with van der Waals surface area (Å²) >= 11 is 0. The quantitative estimate of drug-likeness (QED) is 0.802. The van der Waals surface area contributed by atoms with Crippen LogP contribution in [0.2, 0.25) is 0 Å². The number of hydrogen-bond acceptors (Lipinski definition) is 3. The third-order valence-corrected chi connectivity index (χ3v) is 2.86. The van der Waals surface area contributed by atoms with Gasteiger partial charge in [-0.05, 0) is 24.3 Å². The number of nitrogens with zero attached hydrogens (tertiary/aromatic N) is 1. The Morgan fingerprint density at radius 3 is 2.67 bits per heavy atom. The van der Waals surface area contributed by atoms with Crippen LogP contribution in [0.25, 0.3) is 0 Å². The van der Waals surface area contributed by atoms with Crippen molar-refractivity contribution in [3.05, 3.63) is 30.1 Å². The van der Waals surface area contributed by atoms with Gasteiger partial charge < -0.3 is 15.3 Å². The Morgan fingerprint density at radius 2 is 2.06 bits per heavy atom. The van der Waals surface area contributed by atoms with Crippen molar-refractivity contribution in [2.45, 2.75) is 0 Å². The van der Waals surface area contributed by atoms with Gasteiger partial charge in [0, 0.05) is 18.8 Å². The minimum Gasteiger partial charge on any atom is -0.481 e. The van der Waals surface area contributed by atoms with Gasteiger partial charge in [0.25, 0.3) is 0 Å². The molecular formula is C12H13FN2O3. The molecule has 18 heavy (non-hydrogen) atoms. The number of carboxylic acid groups (broad SMARTS) is 1. The normalized spacial score (nSPS) is 20.6. The van der Waals surface area contributed by atoms with E-state index in [2.05, 4.69) is 5.32 Å². The Bertz CT molecular complexity index is 461. The molecule has 1 aromatic rings. The maximum absolute atomic E-state index is 12.8. The second-order valence-electron chi connectivity index (χ2n) is 4.15. The van der Waals surface area contributed by atoms with Crippen LogP contribution in [-0.2, 0) is 9.59 Å². The monoisotopic (exact) mass is 252 g/mol. The maximum atomic E-state index is 12.8. The fourth-order valence-corrected chi connectivity index (χ4v) is 1.87.